The maximum absolute atomic E-state index is 13.7. The van der Waals surface area contributed by atoms with E-state index < -0.39 is 0 Å². The summed E-state index contributed by atoms with van der Waals surface area (Å²) in [5.74, 6) is 1.49. The Labute approximate surface area is 127 Å². The van der Waals surface area contributed by atoms with Gasteiger partial charge in [0.1, 0.15) is 11.5 Å². The van der Waals surface area contributed by atoms with Crippen molar-refractivity contribution in [1.82, 2.24) is 14.8 Å². The van der Waals surface area contributed by atoms with Crippen LogP contribution in [-0.2, 0) is 0 Å². The number of rotatable bonds is 3. The molecule has 0 N–H and O–H groups in total. The zero-order chi connectivity index (χ0) is 16.0. The van der Waals surface area contributed by atoms with Gasteiger partial charge in [-0.15, -0.1) is 0 Å². The lowest BCUT2D eigenvalue weighted by Gasteiger charge is -2.04. The summed E-state index contributed by atoms with van der Waals surface area (Å²) in [5.41, 5.74) is 1.10. The third-order valence-corrected chi connectivity index (χ3v) is 2.50. The highest BCUT2D eigenvalue weighted by Crippen LogP contribution is 2.13. The van der Waals surface area contributed by atoms with E-state index in [9.17, 15) is 4.39 Å². The van der Waals surface area contributed by atoms with Crippen molar-refractivity contribution in [2.75, 3.05) is 0 Å². The quantitative estimate of drug-likeness (QED) is 0.808. The van der Waals surface area contributed by atoms with Gasteiger partial charge in [0.25, 0.3) is 0 Å². The molecule has 2 aromatic rings. The molecule has 5 heteroatoms. The van der Waals surface area contributed by atoms with E-state index in [-0.39, 0.29) is 11.7 Å². The fourth-order valence-electron chi connectivity index (χ4n) is 1.57. The van der Waals surface area contributed by atoms with Crippen LogP contribution in [0.1, 0.15) is 46.4 Å². The van der Waals surface area contributed by atoms with Crippen LogP contribution >= 0.6 is 0 Å². The molecule has 0 fully saturated rings. The number of halogens is 1. The first-order chi connectivity index (χ1) is 9.86. The third kappa shape index (κ3) is 4.99. The summed E-state index contributed by atoms with van der Waals surface area (Å²) < 4.78 is 15.2. The summed E-state index contributed by atoms with van der Waals surface area (Å²) in [6, 6.07) is 6.57. The Hall–Kier alpha value is -1.65. The van der Waals surface area contributed by atoms with E-state index in [0.29, 0.717) is 11.4 Å². The van der Waals surface area contributed by atoms with E-state index in [0.717, 1.165) is 11.7 Å². The summed E-state index contributed by atoms with van der Waals surface area (Å²) in [6.45, 7) is 12.4. The summed E-state index contributed by atoms with van der Waals surface area (Å²) >= 11 is 0. The molecule has 113 valence electrons. The second kappa shape index (κ2) is 7.96. The summed E-state index contributed by atoms with van der Waals surface area (Å²) in [6.07, 6.45) is 0. The van der Waals surface area contributed by atoms with Crippen molar-refractivity contribution in [3.8, 4) is 5.69 Å². The molecule has 0 aliphatic carbocycles. The average Bonchev–Trinajstić information content (AvgIpc) is 2.82. The van der Waals surface area contributed by atoms with Crippen LogP contribution in [0.15, 0.2) is 24.3 Å². The van der Waals surface area contributed by atoms with Gasteiger partial charge in [-0.05, 0) is 18.1 Å². The van der Waals surface area contributed by atoms with Crippen molar-refractivity contribution >= 4 is 13.0 Å². The first kappa shape index (κ1) is 17.4. The van der Waals surface area contributed by atoms with Gasteiger partial charge < -0.3 is 0 Å². The maximum atomic E-state index is 13.7. The fourth-order valence-corrected chi connectivity index (χ4v) is 1.57. The molecular weight excluding hydrogens is 264 g/mol. The molecule has 0 saturated heterocycles. The molecule has 0 amide bonds. The van der Waals surface area contributed by atoms with E-state index in [2.05, 4.69) is 30.9 Å². The molecule has 0 aliphatic rings. The molecule has 3 nitrogen and oxygen atoms in total. The van der Waals surface area contributed by atoms with Gasteiger partial charge in [-0.3, -0.25) is 0 Å². The highest BCUT2D eigenvalue weighted by atomic mass is 19.1. The predicted molar refractivity (Wildman–Crippen MR) is 87.2 cm³/mol. The number of hydrogen-bond acceptors (Lipinski definition) is 2. The molecule has 2 rings (SSSR count). The van der Waals surface area contributed by atoms with Crippen molar-refractivity contribution in [2.45, 2.75) is 47.4 Å². The fraction of sp³-hybridized carbons (Fsp3) is 0.500. The Balaban J connectivity index is 0.000000491. The van der Waals surface area contributed by atoms with E-state index >= 15 is 0 Å². The van der Waals surface area contributed by atoms with E-state index in [1.165, 1.54) is 6.07 Å². The lowest BCUT2D eigenvalue weighted by molar-refractivity contribution is 0.610. The lowest BCUT2D eigenvalue weighted by atomic mass is 9.81. The Kier molecular flexibility index (Phi) is 6.60. The van der Waals surface area contributed by atoms with Crippen molar-refractivity contribution < 1.29 is 4.39 Å². The van der Waals surface area contributed by atoms with Crippen LogP contribution in [0.2, 0.25) is 6.82 Å². The van der Waals surface area contributed by atoms with Gasteiger partial charge in [0.15, 0.2) is 5.82 Å². The van der Waals surface area contributed by atoms with Gasteiger partial charge in [0.05, 0.1) is 5.72 Å². The monoisotopic (exact) mass is 288 g/mol. The van der Waals surface area contributed by atoms with Crippen molar-refractivity contribution in [2.24, 2.45) is 5.92 Å². The van der Waals surface area contributed by atoms with Crippen LogP contribution < -0.4 is 5.72 Å². The molecule has 0 unspecified atom stereocenters. The smallest absolute Gasteiger partial charge is 0.201 e. The number of benzene rings is 1. The summed E-state index contributed by atoms with van der Waals surface area (Å²) in [4.78, 5) is 4.38. The highest BCUT2D eigenvalue weighted by molar-refractivity contribution is 6.49. The van der Waals surface area contributed by atoms with Gasteiger partial charge >= 0.3 is 0 Å². The zero-order valence-electron chi connectivity index (χ0n) is 13.8. The van der Waals surface area contributed by atoms with Crippen LogP contribution in [-0.4, -0.2) is 22.0 Å². The average molecular weight is 288 g/mol. The molecule has 0 bridgehead atoms. The molecule has 0 atom stereocenters. The zero-order valence-corrected chi connectivity index (χ0v) is 13.8. The normalized spacial score (nSPS) is 10.5. The number of nitrogens with zero attached hydrogens (tertiary/aromatic N) is 3. The van der Waals surface area contributed by atoms with Gasteiger partial charge in [0, 0.05) is 5.92 Å². The molecule has 0 aliphatic heterocycles. The molecule has 1 aromatic heterocycles. The van der Waals surface area contributed by atoms with Crippen molar-refractivity contribution in [3.63, 3.8) is 0 Å². The highest BCUT2D eigenvalue weighted by Gasteiger charge is 2.14. The van der Waals surface area contributed by atoms with Crippen molar-refractivity contribution in [1.29, 1.82) is 0 Å². The second-order valence-corrected chi connectivity index (χ2v) is 5.87. The number of hydrogen-bond donors (Lipinski definition) is 0. The first-order valence-electron chi connectivity index (χ1n) is 7.38. The maximum Gasteiger partial charge on any atom is 0.201 e. The molecule has 0 spiro atoms. The topological polar surface area (TPSA) is 30.7 Å². The van der Waals surface area contributed by atoms with Crippen LogP contribution in [0.25, 0.3) is 5.69 Å². The van der Waals surface area contributed by atoms with Crippen molar-refractivity contribution in [3.05, 3.63) is 35.9 Å². The lowest BCUT2D eigenvalue weighted by Crippen LogP contribution is -2.24. The predicted octanol–water partition coefficient (Wildman–Crippen LogP) is 3.57. The molecule has 0 saturated carbocycles. The second-order valence-electron chi connectivity index (χ2n) is 5.87. The van der Waals surface area contributed by atoms with E-state index in [4.69, 9.17) is 0 Å². The largest absolute Gasteiger partial charge is 0.227 e. The standard InChI is InChI=1S/C12H14BFN3.C4H10/c1-8(2)11-15-12(13-3)17(16-11)10-7-5-4-6-9(10)14;1-4(2)3/h4-8H,1-3H3;4H,1-3H3. The minimum atomic E-state index is -0.296. The minimum Gasteiger partial charge on any atom is -0.227 e. The Morgan fingerprint density at radius 2 is 1.67 bits per heavy atom. The van der Waals surface area contributed by atoms with E-state index in [1.807, 2.05) is 28.0 Å². The Morgan fingerprint density at radius 1 is 1.10 bits per heavy atom. The van der Waals surface area contributed by atoms with Crippen LogP contribution in [0.5, 0.6) is 0 Å². The third-order valence-electron chi connectivity index (χ3n) is 2.50. The minimum absolute atomic E-state index is 0.224. The molecule has 1 radical (unpaired) electrons. The van der Waals surface area contributed by atoms with Gasteiger partial charge in [-0.25, -0.2) is 14.1 Å². The first-order valence-corrected chi connectivity index (χ1v) is 7.38. The number of para-hydroxylation sites is 1. The Bertz CT molecular complexity index is 562. The summed E-state index contributed by atoms with van der Waals surface area (Å²) in [5, 5.41) is 4.35. The van der Waals surface area contributed by atoms with Gasteiger partial charge in [-0.2, -0.15) is 5.10 Å². The molecule has 1 heterocycles. The van der Waals surface area contributed by atoms with Gasteiger partial charge in [-0.1, -0.05) is 53.6 Å². The van der Waals surface area contributed by atoms with Crippen LogP contribution in [0, 0.1) is 11.7 Å². The SMILES string of the molecule is CC(C)C.C[B]c1nc(C(C)C)nn1-c1ccccc1F. The van der Waals surface area contributed by atoms with E-state index in [1.54, 1.807) is 22.9 Å². The summed E-state index contributed by atoms with van der Waals surface area (Å²) in [7, 11) is 1.82. The molecule has 21 heavy (non-hydrogen) atoms. The Morgan fingerprint density at radius 3 is 2.14 bits per heavy atom. The number of aromatic nitrogens is 3. The van der Waals surface area contributed by atoms with Gasteiger partial charge in [0.2, 0.25) is 7.28 Å². The molecular formula is C16H24BFN3. The van der Waals surface area contributed by atoms with Crippen LogP contribution in [0.4, 0.5) is 4.39 Å². The van der Waals surface area contributed by atoms with Crippen LogP contribution in [0.3, 0.4) is 0 Å². The molecule has 1 aromatic carbocycles.